The Morgan fingerprint density at radius 3 is 2.38 bits per heavy atom. The summed E-state index contributed by atoms with van der Waals surface area (Å²) in [5.74, 6) is 0.799. The fraction of sp³-hybridized carbons (Fsp3) is 0.200. The standard InChI is InChI=1S/C20H22N4S.HI/c1-21-20(22-13-12-16-8-4-2-5-9-16)23-14-19-24-18(15-25-19)17-10-6-3-7-11-17;/h2-11,15H,12-14H2,1H3,(H2,21,22,23);1H. The summed E-state index contributed by atoms with van der Waals surface area (Å²) in [5, 5.41) is 9.81. The number of aliphatic imine (C=N–C) groups is 1. The highest BCUT2D eigenvalue weighted by Gasteiger charge is 2.05. The van der Waals surface area contributed by atoms with E-state index in [9.17, 15) is 0 Å². The first kappa shape index (κ1) is 20.4. The molecule has 0 bridgehead atoms. The van der Waals surface area contributed by atoms with Crippen LogP contribution in [0.1, 0.15) is 10.6 Å². The molecular formula is C20H23IN4S. The molecular weight excluding hydrogens is 455 g/mol. The van der Waals surface area contributed by atoms with Gasteiger partial charge in [0.2, 0.25) is 0 Å². The van der Waals surface area contributed by atoms with Crippen molar-refractivity contribution >= 4 is 41.3 Å². The third-order valence-corrected chi connectivity index (χ3v) is 4.65. The zero-order valence-electron chi connectivity index (χ0n) is 14.7. The van der Waals surface area contributed by atoms with Crippen LogP contribution < -0.4 is 10.6 Å². The fourth-order valence-electron chi connectivity index (χ4n) is 2.48. The zero-order chi connectivity index (χ0) is 17.3. The van der Waals surface area contributed by atoms with Crippen molar-refractivity contribution < 1.29 is 0 Å². The van der Waals surface area contributed by atoms with Crippen molar-refractivity contribution in [1.29, 1.82) is 0 Å². The van der Waals surface area contributed by atoms with E-state index in [0.717, 1.165) is 35.2 Å². The Balaban J connectivity index is 0.00000243. The maximum absolute atomic E-state index is 4.69. The lowest BCUT2D eigenvalue weighted by molar-refractivity contribution is 0.792. The maximum atomic E-state index is 4.69. The van der Waals surface area contributed by atoms with Crippen LogP contribution in [-0.2, 0) is 13.0 Å². The number of nitrogens with one attached hydrogen (secondary N) is 2. The van der Waals surface area contributed by atoms with Gasteiger partial charge in [0.25, 0.3) is 0 Å². The minimum absolute atomic E-state index is 0. The minimum Gasteiger partial charge on any atom is -0.356 e. The molecule has 4 nitrogen and oxygen atoms in total. The number of rotatable bonds is 6. The number of hydrogen-bond acceptors (Lipinski definition) is 3. The van der Waals surface area contributed by atoms with Gasteiger partial charge in [-0.05, 0) is 12.0 Å². The van der Waals surface area contributed by atoms with Gasteiger partial charge in [0, 0.05) is 24.5 Å². The smallest absolute Gasteiger partial charge is 0.191 e. The molecule has 0 saturated carbocycles. The van der Waals surface area contributed by atoms with E-state index < -0.39 is 0 Å². The van der Waals surface area contributed by atoms with Gasteiger partial charge < -0.3 is 10.6 Å². The highest BCUT2D eigenvalue weighted by Crippen LogP contribution is 2.21. The van der Waals surface area contributed by atoms with E-state index in [2.05, 4.69) is 62.4 Å². The lowest BCUT2D eigenvalue weighted by Gasteiger charge is -2.10. The van der Waals surface area contributed by atoms with Crippen LogP contribution >= 0.6 is 35.3 Å². The average Bonchev–Trinajstić information content (AvgIpc) is 3.15. The molecule has 0 aliphatic heterocycles. The first-order valence-electron chi connectivity index (χ1n) is 8.33. The van der Waals surface area contributed by atoms with Crippen molar-refractivity contribution in [1.82, 2.24) is 15.6 Å². The summed E-state index contributed by atoms with van der Waals surface area (Å²) in [6, 6.07) is 20.7. The van der Waals surface area contributed by atoms with Gasteiger partial charge in [-0.2, -0.15) is 0 Å². The second-order valence-electron chi connectivity index (χ2n) is 5.58. The Kier molecular flexibility index (Phi) is 8.57. The van der Waals surface area contributed by atoms with Gasteiger partial charge in [0.05, 0.1) is 12.2 Å². The normalized spacial score (nSPS) is 10.9. The molecule has 3 aromatic rings. The van der Waals surface area contributed by atoms with Crippen molar-refractivity contribution in [2.24, 2.45) is 4.99 Å². The second-order valence-corrected chi connectivity index (χ2v) is 6.52. The quantitative estimate of drug-likeness (QED) is 0.315. The van der Waals surface area contributed by atoms with Crippen LogP contribution in [0.4, 0.5) is 0 Å². The Labute approximate surface area is 175 Å². The summed E-state index contributed by atoms with van der Waals surface area (Å²) in [5.41, 5.74) is 3.49. The van der Waals surface area contributed by atoms with E-state index in [4.69, 9.17) is 0 Å². The van der Waals surface area contributed by atoms with Crippen LogP contribution in [-0.4, -0.2) is 24.5 Å². The van der Waals surface area contributed by atoms with Gasteiger partial charge in [0.15, 0.2) is 5.96 Å². The Hall–Kier alpha value is -1.93. The molecule has 0 aliphatic carbocycles. The van der Waals surface area contributed by atoms with E-state index in [-0.39, 0.29) is 24.0 Å². The number of guanidine groups is 1. The van der Waals surface area contributed by atoms with Crippen LogP contribution in [0.15, 0.2) is 71.0 Å². The molecule has 0 atom stereocenters. The van der Waals surface area contributed by atoms with Crippen LogP contribution in [0.2, 0.25) is 0 Å². The summed E-state index contributed by atoms with van der Waals surface area (Å²) in [6.45, 7) is 1.51. The van der Waals surface area contributed by atoms with Crippen molar-refractivity contribution in [3.63, 3.8) is 0 Å². The summed E-state index contributed by atoms with van der Waals surface area (Å²) >= 11 is 1.66. The van der Waals surface area contributed by atoms with Gasteiger partial charge in [-0.15, -0.1) is 35.3 Å². The molecule has 6 heteroatoms. The van der Waals surface area contributed by atoms with E-state index >= 15 is 0 Å². The van der Waals surface area contributed by atoms with Crippen LogP contribution in [0.3, 0.4) is 0 Å². The molecule has 136 valence electrons. The van der Waals surface area contributed by atoms with Crippen molar-refractivity contribution in [2.45, 2.75) is 13.0 Å². The molecule has 0 unspecified atom stereocenters. The van der Waals surface area contributed by atoms with Gasteiger partial charge >= 0.3 is 0 Å². The lowest BCUT2D eigenvalue weighted by Crippen LogP contribution is -2.37. The molecule has 3 rings (SSSR count). The second kappa shape index (κ2) is 10.9. The first-order valence-corrected chi connectivity index (χ1v) is 9.21. The van der Waals surface area contributed by atoms with Crippen LogP contribution in [0.25, 0.3) is 11.3 Å². The molecule has 2 N–H and O–H groups in total. The predicted molar refractivity (Wildman–Crippen MR) is 121 cm³/mol. The molecule has 2 aromatic carbocycles. The first-order chi connectivity index (χ1) is 12.3. The average molecular weight is 478 g/mol. The third kappa shape index (κ3) is 6.10. The molecule has 0 amide bonds. The lowest BCUT2D eigenvalue weighted by atomic mass is 10.1. The van der Waals surface area contributed by atoms with E-state index in [1.807, 2.05) is 24.3 Å². The summed E-state index contributed by atoms with van der Waals surface area (Å²) < 4.78 is 0. The third-order valence-electron chi connectivity index (χ3n) is 3.80. The molecule has 0 aliphatic rings. The van der Waals surface area contributed by atoms with Crippen molar-refractivity contribution in [2.75, 3.05) is 13.6 Å². The number of thiazole rings is 1. The van der Waals surface area contributed by atoms with E-state index in [0.29, 0.717) is 6.54 Å². The number of benzene rings is 2. The van der Waals surface area contributed by atoms with Gasteiger partial charge in [-0.3, -0.25) is 4.99 Å². The molecule has 0 spiro atoms. The van der Waals surface area contributed by atoms with E-state index in [1.54, 1.807) is 18.4 Å². The highest BCUT2D eigenvalue weighted by molar-refractivity contribution is 14.0. The molecule has 0 radical (unpaired) electrons. The van der Waals surface area contributed by atoms with Gasteiger partial charge in [0.1, 0.15) is 5.01 Å². The maximum Gasteiger partial charge on any atom is 0.191 e. The molecule has 0 fully saturated rings. The largest absolute Gasteiger partial charge is 0.356 e. The van der Waals surface area contributed by atoms with Crippen LogP contribution in [0, 0.1) is 0 Å². The van der Waals surface area contributed by atoms with Crippen LogP contribution in [0.5, 0.6) is 0 Å². The topological polar surface area (TPSA) is 49.3 Å². The summed E-state index contributed by atoms with van der Waals surface area (Å²) in [4.78, 5) is 8.96. The number of halogens is 1. The Bertz CT molecular complexity index is 803. The monoisotopic (exact) mass is 478 g/mol. The number of aromatic nitrogens is 1. The van der Waals surface area contributed by atoms with Gasteiger partial charge in [-0.1, -0.05) is 60.7 Å². The Morgan fingerprint density at radius 2 is 1.69 bits per heavy atom. The molecule has 26 heavy (non-hydrogen) atoms. The Morgan fingerprint density at radius 1 is 1.00 bits per heavy atom. The number of hydrogen-bond donors (Lipinski definition) is 2. The zero-order valence-corrected chi connectivity index (χ0v) is 17.8. The van der Waals surface area contributed by atoms with E-state index in [1.165, 1.54) is 5.56 Å². The molecule has 0 saturated heterocycles. The van der Waals surface area contributed by atoms with Gasteiger partial charge in [-0.25, -0.2) is 4.98 Å². The van der Waals surface area contributed by atoms with Crippen molar-refractivity contribution in [3.8, 4) is 11.3 Å². The minimum atomic E-state index is 0. The van der Waals surface area contributed by atoms with Crippen molar-refractivity contribution in [3.05, 3.63) is 76.6 Å². The highest BCUT2D eigenvalue weighted by atomic mass is 127. The molecule has 1 aromatic heterocycles. The molecule has 1 heterocycles. The summed E-state index contributed by atoms with van der Waals surface area (Å²) in [7, 11) is 1.79. The fourth-order valence-corrected chi connectivity index (χ4v) is 3.23. The summed E-state index contributed by atoms with van der Waals surface area (Å²) in [6.07, 6.45) is 0.969. The number of nitrogens with zero attached hydrogens (tertiary/aromatic N) is 2. The SMILES string of the molecule is CN=C(NCCc1ccccc1)NCc1nc(-c2ccccc2)cs1.I. The predicted octanol–water partition coefficient (Wildman–Crippen LogP) is 4.34.